The van der Waals surface area contributed by atoms with Crippen LogP contribution in [0.5, 0.6) is 0 Å². The second kappa shape index (κ2) is 3.95. The molecule has 1 heterocycles. The van der Waals surface area contributed by atoms with Crippen molar-refractivity contribution < 1.29 is 0 Å². The summed E-state index contributed by atoms with van der Waals surface area (Å²) in [7, 11) is 0. The summed E-state index contributed by atoms with van der Waals surface area (Å²) >= 11 is 0. The van der Waals surface area contributed by atoms with Gasteiger partial charge in [-0.05, 0) is 43.7 Å². The topological polar surface area (TPSA) is 48.0 Å². The van der Waals surface area contributed by atoms with Crippen molar-refractivity contribution in [3.63, 3.8) is 0 Å². The maximum Gasteiger partial charge on any atom is 0.259 e. The second-order valence-electron chi connectivity index (χ2n) is 5.30. The summed E-state index contributed by atoms with van der Waals surface area (Å²) < 4.78 is 1.92. The lowest BCUT2D eigenvalue weighted by molar-refractivity contribution is 0.620. The quantitative estimate of drug-likeness (QED) is 0.880. The Kier molecular flexibility index (Phi) is 2.52. The van der Waals surface area contributed by atoms with Crippen molar-refractivity contribution >= 4 is 10.8 Å². The Morgan fingerprint density at radius 3 is 2.72 bits per heavy atom. The number of nitrogens with zero attached hydrogens (tertiary/aromatic N) is 1. The van der Waals surface area contributed by atoms with Crippen molar-refractivity contribution in [3.05, 3.63) is 45.9 Å². The van der Waals surface area contributed by atoms with Crippen LogP contribution in [0.4, 0.5) is 0 Å². The molecular weight excluding hydrogens is 224 g/mol. The van der Waals surface area contributed by atoms with E-state index in [1.807, 2.05) is 36.6 Å². The number of aryl methyl sites for hydroxylation is 1. The van der Waals surface area contributed by atoms with E-state index >= 15 is 0 Å². The van der Waals surface area contributed by atoms with Crippen molar-refractivity contribution in [3.8, 4) is 0 Å². The molecular formula is C15H18N2O. The lowest BCUT2D eigenvalue weighted by atomic mass is 10.0. The number of nitrogens with two attached hydrogens (primary N) is 1. The van der Waals surface area contributed by atoms with Gasteiger partial charge in [-0.3, -0.25) is 4.79 Å². The molecule has 94 valence electrons. The lowest BCUT2D eigenvalue weighted by Gasteiger charge is -2.17. The molecule has 3 heteroatoms. The molecule has 0 aliphatic heterocycles. The molecule has 1 aromatic carbocycles. The summed E-state index contributed by atoms with van der Waals surface area (Å²) in [5.41, 5.74) is 8.15. The van der Waals surface area contributed by atoms with Gasteiger partial charge in [0.2, 0.25) is 0 Å². The van der Waals surface area contributed by atoms with E-state index in [0.717, 1.165) is 34.9 Å². The Labute approximate surface area is 106 Å². The Morgan fingerprint density at radius 1 is 1.39 bits per heavy atom. The van der Waals surface area contributed by atoms with Gasteiger partial charge < -0.3 is 10.3 Å². The normalized spacial score (nSPS) is 17.1. The molecule has 0 saturated heterocycles. The summed E-state index contributed by atoms with van der Waals surface area (Å²) in [5.74, 6) is 0. The number of benzene rings is 1. The van der Waals surface area contributed by atoms with Gasteiger partial charge in [-0.15, -0.1) is 0 Å². The van der Waals surface area contributed by atoms with Crippen LogP contribution >= 0.6 is 0 Å². The molecule has 2 aromatic rings. The molecule has 1 aromatic heterocycles. The molecule has 1 atom stereocenters. The van der Waals surface area contributed by atoms with E-state index in [0.29, 0.717) is 6.04 Å². The van der Waals surface area contributed by atoms with Crippen LogP contribution in [0.3, 0.4) is 0 Å². The molecule has 0 unspecified atom stereocenters. The summed E-state index contributed by atoms with van der Waals surface area (Å²) in [6, 6.07) is 8.31. The first kappa shape index (κ1) is 11.5. The minimum absolute atomic E-state index is 0.108. The van der Waals surface area contributed by atoms with E-state index in [2.05, 4.69) is 6.07 Å². The zero-order chi connectivity index (χ0) is 12.9. The van der Waals surface area contributed by atoms with Gasteiger partial charge in [0.1, 0.15) is 0 Å². The fourth-order valence-corrected chi connectivity index (χ4v) is 2.63. The van der Waals surface area contributed by atoms with Gasteiger partial charge in [0.15, 0.2) is 0 Å². The van der Waals surface area contributed by atoms with E-state index < -0.39 is 0 Å². The van der Waals surface area contributed by atoms with Gasteiger partial charge in [-0.1, -0.05) is 18.2 Å². The Balaban J connectivity index is 2.42. The van der Waals surface area contributed by atoms with Crippen LogP contribution in [0.1, 0.15) is 43.1 Å². The predicted molar refractivity (Wildman–Crippen MR) is 73.8 cm³/mol. The van der Waals surface area contributed by atoms with Crippen molar-refractivity contribution in [2.75, 3.05) is 0 Å². The van der Waals surface area contributed by atoms with Crippen LogP contribution in [0.2, 0.25) is 0 Å². The number of hydrogen-bond donors (Lipinski definition) is 1. The fourth-order valence-electron chi connectivity index (χ4n) is 2.63. The van der Waals surface area contributed by atoms with Gasteiger partial charge in [0, 0.05) is 17.8 Å². The highest BCUT2D eigenvalue weighted by Gasteiger charge is 2.28. The predicted octanol–water partition coefficient (Wildman–Crippen LogP) is 2.66. The average molecular weight is 242 g/mol. The zero-order valence-corrected chi connectivity index (χ0v) is 10.8. The van der Waals surface area contributed by atoms with E-state index in [9.17, 15) is 4.79 Å². The Morgan fingerprint density at radius 2 is 2.11 bits per heavy atom. The maximum absolute atomic E-state index is 12.7. The van der Waals surface area contributed by atoms with Crippen molar-refractivity contribution in [1.29, 1.82) is 0 Å². The molecule has 0 radical (unpaired) electrons. The molecule has 1 aliphatic carbocycles. The third-order valence-corrected chi connectivity index (χ3v) is 3.70. The highest BCUT2D eigenvalue weighted by atomic mass is 16.1. The van der Waals surface area contributed by atoms with Crippen LogP contribution in [-0.4, -0.2) is 4.57 Å². The molecule has 2 N–H and O–H groups in total. The zero-order valence-electron chi connectivity index (χ0n) is 10.8. The van der Waals surface area contributed by atoms with Crippen LogP contribution in [-0.2, 0) is 0 Å². The molecule has 1 fully saturated rings. The SMILES string of the molecule is Cc1cccc2cc([C@H](C)N)n(C3CC3)c(=O)c12. The molecule has 3 rings (SSSR count). The van der Waals surface area contributed by atoms with Crippen LogP contribution in [0.25, 0.3) is 10.8 Å². The summed E-state index contributed by atoms with van der Waals surface area (Å²) in [6.45, 7) is 3.93. The van der Waals surface area contributed by atoms with Crippen molar-refractivity contribution in [1.82, 2.24) is 4.57 Å². The van der Waals surface area contributed by atoms with Gasteiger partial charge in [0.05, 0.1) is 5.39 Å². The largest absolute Gasteiger partial charge is 0.323 e. The van der Waals surface area contributed by atoms with Crippen LogP contribution < -0.4 is 11.3 Å². The first-order chi connectivity index (χ1) is 8.59. The number of fused-ring (bicyclic) bond motifs is 1. The first-order valence-corrected chi connectivity index (χ1v) is 6.50. The lowest BCUT2D eigenvalue weighted by Crippen LogP contribution is -2.26. The summed E-state index contributed by atoms with van der Waals surface area (Å²) in [5, 5.41) is 1.85. The van der Waals surface area contributed by atoms with Crippen molar-refractivity contribution in [2.24, 2.45) is 5.73 Å². The summed E-state index contributed by atoms with van der Waals surface area (Å²) in [6.07, 6.45) is 2.19. The maximum atomic E-state index is 12.7. The van der Waals surface area contributed by atoms with E-state index in [-0.39, 0.29) is 11.6 Å². The second-order valence-corrected chi connectivity index (χ2v) is 5.30. The molecule has 0 amide bonds. The Hall–Kier alpha value is -1.61. The average Bonchev–Trinajstić information content (AvgIpc) is 3.12. The highest BCUT2D eigenvalue weighted by Crippen LogP contribution is 2.36. The molecule has 0 bridgehead atoms. The molecule has 0 spiro atoms. The number of hydrogen-bond acceptors (Lipinski definition) is 2. The number of pyridine rings is 1. The molecule has 1 aliphatic rings. The minimum atomic E-state index is -0.108. The molecule has 1 saturated carbocycles. The first-order valence-electron chi connectivity index (χ1n) is 6.50. The monoisotopic (exact) mass is 242 g/mol. The standard InChI is InChI=1S/C15H18N2O/c1-9-4-3-5-11-8-13(10(2)16)17(12-6-7-12)15(18)14(9)11/h3-5,8,10,12H,6-7,16H2,1-2H3/t10-/m0/s1. The van der Waals surface area contributed by atoms with Gasteiger partial charge in [-0.2, -0.15) is 0 Å². The van der Waals surface area contributed by atoms with Gasteiger partial charge in [-0.25, -0.2) is 0 Å². The molecule has 18 heavy (non-hydrogen) atoms. The number of aromatic nitrogens is 1. The minimum Gasteiger partial charge on any atom is -0.323 e. The molecule has 3 nitrogen and oxygen atoms in total. The number of rotatable bonds is 2. The summed E-state index contributed by atoms with van der Waals surface area (Å²) in [4.78, 5) is 12.7. The van der Waals surface area contributed by atoms with Gasteiger partial charge in [0.25, 0.3) is 5.56 Å². The Bertz CT molecular complexity index is 666. The van der Waals surface area contributed by atoms with E-state index in [1.165, 1.54) is 0 Å². The third kappa shape index (κ3) is 1.66. The van der Waals surface area contributed by atoms with Crippen LogP contribution in [0.15, 0.2) is 29.1 Å². The van der Waals surface area contributed by atoms with E-state index in [1.54, 1.807) is 0 Å². The fraction of sp³-hybridized carbons (Fsp3) is 0.400. The smallest absolute Gasteiger partial charge is 0.259 e. The van der Waals surface area contributed by atoms with Gasteiger partial charge >= 0.3 is 0 Å². The van der Waals surface area contributed by atoms with E-state index in [4.69, 9.17) is 5.73 Å². The van der Waals surface area contributed by atoms with Crippen LogP contribution in [0, 0.1) is 6.92 Å². The third-order valence-electron chi connectivity index (χ3n) is 3.70. The highest BCUT2D eigenvalue weighted by molar-refractivity contribution is 5.85. The van der Waals surface area contributed by atoms with Crippen molar-refractivity contribution in [2.45, 2.75) is 38.8 Å².